The molecule has 1 atom stereocenters. The summed E-state index contributed by atoms with van der Waals surface area (Å²) in [5.41, 5.74) is 2.75. The minimum Gasteiger partial charge on any atom is -0.326 e. The summed E-state index contributed by atoms with van der Waals surface area (Å²) < 4.78 is 0. The molecule has 136 valence electrons. The Bertz CT molecular complexity index is 825. The smallest absolute Gasteiger partial charge is 0.229 e. The van der Waals surface area contributed by atoms with Crippen LogP contribution in [0, 0.1) is 5.92 Å². The van der Waals surface area contributed by atoms with Gasteiger partial charge < -0.3 is 10.2 Å². The Balaban J connectivity index is 1.69. The monoisotopic (exact) mass is 370 g/mol. The van der Waals surface area contributed by atoms with E-state index >= 15 is 0 Å². The van der Waals surface area contributed by atoms with Crippen LogP contribution in [-0.2, 0) is 15.0 Å². The molecule has 4 nitrogen and oxygen atoms in total. The van der Waals surface area contributed by atoms with Crippen LogP contribution in [0.1, 0.15) is 32.8 Å². The van der Waals surface area contributed by atoms with Crippen molar-refractivity contribution in [2.75, 3.05) is 16.8 Å². The van der Waals surface area contributed by atoms with E-state index in [2.05, 4.69) is 26.1 Å². The van der Waals surface area contributed by atoms with Gasteiger partial charge in [-0.2, -0.15) is 0 Å². The van der Waals surface area contributed by atoms with Crippen molar-refractivity contribution in [3.8, 4) is 0 Å². The normalized spacial score (nSPS) is 17.5. The van der Waals surface area contributed by atoms with Crippen LogP contribution in [-0.4, -0.2) is 18.4 Å². The van der Waals surface area contributed by atoms with Gasteiger partial charge in [0, 0.05) is 29.4 Å². The van der Waals surface area contributed by atoms with E-state index < -0.39 is 0 Å². The number of carbonyl (C=O) groups is 2. The number of rotatable bonds is 3. The Morgan fingerprint density at radius 3 is 2.46 bits per heavy atom. The van der Waals surface area contributed by atoms with Crippen molar-refractivity contribution in [3.05, 3.63) is 59.1 Å². The average molecular weight is 371 g/mol. The molecule has 2 aromatic carbocycles. The highest BCUT2D eigenvalue weighted by Gasteiger charge is 2.35. The van der Waals surface area contributed by atoms with Crippen molar-refractivity contribution in [1.82, 2.24) is 0 Å². The fraction of sp³-hybridized carbons (Fsp3) is 0.333. The van der Waals surface area contributed by atoms with Crippen LogP contribution < -0.4 is 10.2 Å². The number of anilines is 2. The van der Waals surface area contributed by atoms with Crippen LogP contribution in [0.3, 0.4) is 0 Å². The van der Waals surface area contributed by atoms with Crippen LogP contribution >= 0.6 is 11.6 Å². The standard InChI is InChI=1S/C21H23ClN2O2/c1-21(2,3)15-7-9-18(10-8-15)24-13-14(11-19(24)25)20(26)23-17-6-4-5-16(22)12-17/h4-10,12,14H,11,13H2,1-3H3,(H,23,26)/t14-/m0/s1. The highest BCUT2D eigenvalue weighted by molar-refractivity contribution is 6.30. The lowest BCUT2D eigenvalue weighted by atomic mass is 9.87. The van der Waals surface area contributed by atoms with Crippen molar-refractivity contribution in [2.24, 2.45) is 5.92 Å². The van der Waals surface area contributed by atoms with Gasteiger partial charge in [0.25, 0.3) is 0 Å². The number of nitrogens with zero attached hydrogens (tertiary/aromatic N) is 1. The van der Waals surface area contributed by atoms with Crippen LogP contribution in [0.2, 0.25) is 5.02 Å². The second-order valence-corrected chi connectivity index (χ2v) is 8.14. The molecular weight excluding hydrogens is 348 g/mol. The van der Waals surface area contributed by atoms with Gasteiger partial charge in [-0.3, -0.25) is 9.59 Å². The maximum atomic E-state index is 12.5. The predicted molar refractivity (Wildman–Crippen MR) is 106 cm³/mol. The summed E-state index contributed by atoms with van der Waals surface area (Å²) in [5, 5.41) is 3.40. The number of nitrogens with one attached hydrogen (secondary N) is 1. The van der Waals surface area contributed by atoms with E-state index in [1.165, 1.54) is 5.56 Å². The van der Waals surface area contributed by atoms with E-state index in [1.54, 1.807) is 29.2 Å². The van der Waals surface area contributed by atoms with Gasteiger partial charge in [-0.15, -0.1) is 0 Å². The topological polar surface area (TPSA) is 49.4 Å². The zero-order valence-corrected chi connectivity index (χ0v) is 16.0. The van der Waals surface area contributed by atoms with Gasteiger partial charge in [-0.25, -0.2) is 0 Å². The quantitative estimate of drug-likeness (QED) is 0.856. The molecule has 0 radical (unpaired) electrons. The van der Waals surface area contributed by atoms with E-state index in [9.17, 15) is 9.59 Å². The first-order valence-electron chi connectivity index (χ1n) is 8.71. The van der Waals surface area contributed by atoms with Crippen molar-refractivity contribution in [3.63, 3.8) is 0 Å². The molecule has 0 aromatic heterocycles. The highest BCUT2D eigenvalue weighted by atomic mass is 35.5. The number of benzene rings is 2. The van der Waals surface area contributed by atoms with Gasteiger partial charge in [0.2, 0.25) is 11.8 Å². The first kappa shape index (κ1) is 18.5. The third-order valence-electron chi connectivity index (χ3n) is 4.63. The van der Waals surface area contributed by atoms with Gasteiger partial charge in [-0.1, -0.05) is 50.6 Å². The second-order valence-electron chi connectivity index (χ2n) is 7.70. The molecule has 0 unspecified atom stereocenters. The maximum Gasteiger partial charge on any atom is 0.229 e. The lowest BCUT2D eigenvalue weighted by molar-refractivity contribution is -0.122. The van der Waals surface area contributed by atoms with Crippen molar-refractivity contribution in [1.29, 1.82) is 0 Å². The number of hydrogen-bond donors (Lipinski definition) is 1. The molecule has 0 bridgehead atoms. The van der Waals surface area contributed by atoms with Gasteiger partial charge in [0.05, 0.1) is 5.92 Å². The summed E-state index contributed by atoms with van der Waals surface area (Å²) in [6, 6.07) is 15.0. The number of halogens is 1. The fourth-order valence-corrected chi connectivity index (χ4v) is 3.27. The highest BCUT2D eigenvalue weighted by Crippen LogP contribution is 2.29. The summed E-state index contributed by atoms with van der Waals surface area (Å²) in [6.07, 6.45) is 0.216. The van der Waals surface area contributed by atoms with Gasteiger partial charge in [0.15, 0.2) is 0 Å². The molecule has 5 heteroatoms. The van der Waals surface area contributed by atoms with E-state index in [0.717, 1.165) is 5.69 Å². The first-order valence-corrected chi connectivity index (χ1v) is 9.09. The Labute approximate surface area is 159 Å². The average Bonchev–Trinajstić information content (AvgIpc) is 2.96. The van der Waals surface area contributed by atoms with Crippen LogP contribution in [0.4, 0.5) is 11.4 Å². The van der Waals surface area contributed by atoms with Crippen molar-refractivity contribution < 1.29 is 9.59 Å². The van der Waals surface area contributed by atoms with E-state index in [4.69, 9.17) is 11.6 Å². The molecule has 1 fully saturated rings. The molecule has 2 amide bonds. The zero-order valence-electron chi connectivity index (χ0n) is 15.3. The number of carbonyl (C=O) groups excluding carboxylic acids is 2. The van der Waals surface area contributed by atoms with Gasteiger partial charge in [-0.05, 0) is 41.3 Å². The SMILES string of the molecule is CC(C)(C)c1ccc(N2C[C@@H](C(=O)Nc3cccc(Cl)c3)CC2=O)cc1. The zero-order chi connectivity index (χ0) is 18.9. The van der Waals surface area contributed by atoms with Crippen LogP contribution in [0.5, 0.6) is 0 Å². The summed E-state index contributed by atoms with van der Waals surface area (Å²) in [7, 11) is 0. The van der Waals surface area contributed by atoms with Crippen LogP contribution in [0.15, 0.2) is 48.5 Å². The third kappa shape index (κ3) is 4.07. The molecule has 1 heterocycles. The Hall–Kier alpha value is -2.33. The summed E-state index contributed by atoms with van der Waals surface area (Å²) in [4.78, 5) is 26.6. The molecule has 2 aromatic rings. The second kappa shape index (κ2) is 7.12. The molecule has 0 spiro atoms. The Morgan fingerprint density at radius 2 is 1.85 bits per heavy atom. The molecule has 26 heavy (non-hydrogen) atoms. The maximum absolute atomic E-state index is 12.5. The van der Waals surface area contributed by atoms with E-state index in [1.807, 2.05) is 24.3 Å². The number of hydrogen-bond acceptors (Lipinski definition) is 2. The van der Waals surface area contributed by atoms with E-state index in [0.29, 0.717) is 17.3 Å². The Kier molecular flexibility index (Phi) is 5.05. The molecule has 0 saturated carbocycles. The molecule has 1 aliphatic heterocycles. The van der Waals surface area contributed by atoms with Crippen molar-refractivity contribution in [2.45, 2.75) is 32.6 Å². The molecule has 3 rings (SSSR count). The molecule has 1 aliphatic rings. The Morgan fingerprint density at radius 1 is 1.15 bits per heavy atom. The molecule has 1 N–H and O–H groups in total. The first-order chi connectivity index (χ1) is 12.2. The minimum absolute atomic E-state index is 0.0280. The molecule has 0 aliphatic carbocycles. The van der Waals surface area contributed by atoms with Crippen LogP contribution in [0.25, 0.3) is 0 Å². The largest absolute Gasteiger partial charge is 0.326 e. The van der Waals surface area contributed by atoms with Crippen molar-refractivity contribution >= 4 is 34.8 Å². The summed E-state index contributed by atoms with van der Waals surface area (Å²) in [5.74, 6) is -0.557. The summed E-state index contributed by atoms with van der Waals surface area (Å²) in [6.45, 7) is 6.84. The number of amides is 2. The van der Waals surface area contributed by atoms with Gasteiger partial charge in [0.1, 0.15) is 0 Å². The summed E-state index contributed by atoms with van der Waals surface area (Å²) >= 11 is 5.95. The third-order valence-corrected chi connectivity index (χ3v) is 4.87. The van der Waals surface area contributed by atoms with Gasteiger partial charge >= 0.3 is 0 Å². The lowest BCUT2D eigenvalue weighted by Gasteiger charge is -2.21. The molecule has 1 saturated heterocycles. The lowest BCUT2D eigenvalue weighted by Crippen LogP contribution is -2.28. The fourth-order valence-electron chi connectivity index (χ4n) is 3.08. The molecular formula is C21H23ClN2O2. The van der Waals surface area contributed by atoms with E-state index in [-0.39, 0.29) is 29.6 Å². The minimum atomic E-state index is -0.372. The predicted octanol–water partition coefficient (Wildman–Crippen LogP) is 4.63.